The molecule has 100 valence electrons. The van der Waals surface area contributed by atoms with Crippen LogP contribution in [-0.2, 0) is 4.79 Å². The van der Waals surface area contributed by atoms with Gasteiger partial charge >= 0.3 is 0 Å². The van der Waals surface area contributed by atoms with Gasteiger partial charge in [-0.05, 0) is 19.5 Å². The van der Waals surface area contributed by atoms with Crippen molar-refractivity contribution in [3.63, 3.8) is 0 Å². The van der Waals surface area contributed by atoms with Gasteiger partial charge in [-0.1, -0.05) is 13.0 Å². The van der Waals surface area contributed by atoms with E-state index in [0.29, 0.717) is 12.1 Å². The maximum absolute atomic E-state index is 13.7. The number of likely N-dealkylation sites (N-methyl/N-ethyl adjacent to an activating group) is 2. The van der Waals surface area contributed by atoms with Crippen LogP contribution in [0.4, 0.5) is 4.39 Å². The topological polar surface area (TPSA) is 52.6 Å². The lowest BCUT2D eigenvalue weighted by atomic mass is 10.1. The maximum Gasteiger partial charge on any atom is 0.233 e. The number of phenolic OH excluding ortho intramolecular Hbond substituents is 1. The number of carbonyl (C=O) groups excluding carboxylic acids is 1. The molecular formula is C13H19FN2O2. The molecule has 0 aliphatic heterocycles. The lowest BCUT2D eigenvalue weighted by Crippen LogP contribution is -2.37. The Hall–Kier alpha value is -1.62. The first-order valence-electron chi connectivity index (χ1n) is 5.92. The first-order chi connectivity index (χ1) is 8.49. The Morgan fingerprint density at radius 2 is 2.22 bits per heavy atom. The van der Waals surface area contributed by atoms with Gasteiger partial charge in [0.25, 0.3) is 0 Å². The van der Waals surface area contributed by atoms with E-state index in [4.69, 9.17) is 0 Å². The van der Waals surface area contributed by atoms with E-state index >= 15 is 0 Å². The van der Waals surface area contributed by atoms with E-state index in [-0.39, 0.29) is 24.2 Å². The fraction of sp³-hybridized carbons (Fsp3) is 0.462. The van der Waals surface area contributed by atoms with Crippen molar-refractivity contribution in [2.24, 2.45) is 0 Å². The number of carbonyl (C=O) groups is 1. The molecule has 2 N–H and O–H groups in total. The highest BCUT2D eigenvalue weighted by molar-refractivity contribution is 5.77. The predicted octanol–water partition coefficient (Wildman–Crippen LogP) is 1.66. The third kappa shape index (κ3) is 3.43. The molecule has 0 saturated heterocycles. The summed E-state index contributed by atoms with van der Waals surface area (Å²) in [6.07, 6.45) is 0. The van der Waals surface area contributed by atoms with E-state index in [2.05, 4.69) is 5.32 Å². The highest BCUT2D eigenvalue weighted by atomic mass is 19.1. The fourth-order valence-electron chi connectivity index (χ4n) is 1.84. The number of hydrogen-bond donors (Lipinski definition) is 2. The summed E-state index contributed by atoms with van der Waals surface area (Å²) >= 11 is 0. The van der Waals surface area contributed by atoms with Gasteiger partial charge in [-0.15, -0.1) is 0 Å². The predicted molar refractivity (Wildman–Crippen MR) is 67.8 cm³/mol. The molecule has 0 spiro atoms. The second kappa shape index (κ2) is 6.35. The monoisotopic (exact) mass is 254 g/mol. The smallest absolute Gasteiger partial charge is 0.233 e. The average Bonchev–Trinajstić information content (AvgIpc) is 2.34. The number of phenols is 1. The van der Waals surface area contributed by atoms with Crippen LogP contribution in [0.3, 0.4) is 0 Å². The third-order valence-electron chi connectivity index (χ3n) is 3.01. The zero-order valence-electron chi connectivity index (χ0n) is 10.9. The molecule has 1 aromatic rings. The number of rotatable bonds is 5. The Morgan fingerprint density at radius 3 is 2.72 bits per heavy atom. The molecule has 0 bridgehead atoms. The van der Waals surface area contributed by atoms with Crippen LogP contribution in [0.5, 0.6) is 5.75 Å². The second-order valence-electron chi connectivity index (χ2n) is 4.12. The summed E-state index contributed by atoms with van der Waals surface area (Å²) in [6.45, 7) is 4.60. The first-order valence-corrected chi connectivity index (χ1v) is 5.92. The Labute approximate surface area is 106 Å². The molecule has 1 unspecified atom stereocenters. The third-order valence-corrected chi connectivity index (χ3v) is 3.01. The van der Waals surface area contributed by atoms with E-state index < -0.39 is 5.82 Å². The van der Waals surface area contributed by atoms with E-state index in [9.17, 15) is 14.3 Å². The molecule has 0 aromatic heterocycles. The second-order valence-corrected chi connectivity index (χ2v) is 4.12. The summed E-state index contributed by atoms with van der Waals surface area (Å²) in [5, 5.41) is 11.7. The number of hydrogen-bond acceptors (Lipinski definition) is 3. The van der Waals surface area contributed by atoms with Gasteiger partial charge in [0.05, 0.1) is 6.54 Å². The normalized spacial score (nSPS) is 12.5. The van der Waals surface area contributed by atoms with Crippen LogP contribution >= 0.6 is 0 Å². The number of halogens is 1. The standard InChI is InChI=1S/C13H19FN2O2/c1-4-16(8-13(18)15-3)9(2)11-6-5-10(17)7-12(11)14/h5-7,9,17H,4,8H2,1-3H3,(H,15,18). The van der Waals surface area contributed by atoms with Gasteiger partial charge in [0, 0.05) is 24.7 Å². The number of amides is 1. The van der Waals surface area contributed by atoms with Crippen LogP contribution in [0.2, 0.25) is 0 Å². The van der Waals surface area contributed by atoms with Crippen molar-refractivity contribution < 1.29 is 14.3 Å². The molecule has 0 fully saturated rings. The van der Waals surface area contributed by atoms with Crippen molar-refractivity contribution >= 4 is 5.91 Å². The van der Waals surface area contributed by atoms with Gasteiger partial charge in [0.15, 0.2) is 0 Å². The minimum Gasteiger partial charge on any atom is -0.508 e. The molecule has 1 rings (SSSR count). The molecule has 4 nitrogen and oxygen atoms in total. The van der Waals surface area contributed by atoms with Crippen LogP contribution in [0, 0.1) is 5.82 Å². The summed E-state index contributed by atoms with van der Waals surface area (Å²) in [4.78, 5) is 13.2. The van der Waals surface area contributed by atoms with Gasteiger partial charge in [-0.25, -0.2) is 4.39 Å². The van der Waals surface area contributed by atoms with Crippen LogP contribution in [0.25, 0.3) is 0 Å². The molecule has 0 saturated carbocycles. The van der Waals surface area contributed by atoms with Gasteiger partial charge in [0.2, 0.25) is 5.91 Å². The van der Waals surface area contributed by atoms with Gasteiger partial charge in [-0.3, -0.25) is 9.69 Å². The van der Waals surface area contributed by atoms with Crippen LogP contribution in [0.15, 0.2) is 18.2 Å². The first kappa shape index (κ1) is 14.4. The quantitative estimate of drug-likeness (QED) is 0.840. The summed E-state index contributed by atoms with van der Waals surface area (Å²) in [5.74, 6) is -0.668. The molecular weight excluding hydrogens is 235 g/mol. The molecule has 5 heteroatoms. The van der Waals surface area contributed by atoms with Crippen molar-refractivity contribution in [1.82, 2.24) is 10.2 Å². The summed E-state index contributed by atoms with van der Waals surface area (Å²) < 4.78 is 13.7. The Morgan fingerprint density at radius 1 is 1.56 bits per heavy atom. The lowest BCUT2D eigenvalue weighted by Gasteiger charge is -2.27. The van der Waals surface area contributed by atoms with Crippen molar-refractivity contribution in [3.8, 4) is 5.75 Å². The van der Waals surface area contributed by atoms with Crippen molar-refractivity contribution in [2.45, 2.75) is 19.9 Å². The zero-order chi connectivity index (χ0) is 13.7. The summed E-state index contributed by atoms with van der Waals surface area (Å²) in [6, 6.07) is 3.84. The molecule has 18 heavy (non-hydrogen) atoms. The number of aromatic hydroxyl groups is 1. The van der Waals surface area contributed by atoms with E-state index in [1.54, 1.807) is 13.1 Å². The van der Waals surface area contributed by atoms with E-state index in [0.717, 1.165) is 6.07 Å². The molecule has 1 aromatic carbocycles. The minimum absolute atomic E-state index is 0.0993. The number of benzene rings is 1. The Bertz CT molecular complexity index is 423. The van der Waals surface area contributed by atoms with Gasteiger partial charge in [0.1, 0.15) is 11.6 Å². The molecule has 0 aliphatic rings. The maximum atomic E-state index is 13.7. The van der Waals surface area contributed by atoms with E-state index in [1.165, 1.54) is 6.07 Å². The Kier molecular flexibility index (Phi) is 5.09. The zero-order valence-corrected chi connectivity index (χ0v) is 10.9. The lowest BCUT2D eigenvalue weighted by molar-refractivity contribution is -0.122. The van der Waals surface area contributed by atoms with Crippen LogP contribution in [-0.4, -0.2) is 36.1 Å². The largest absolute Gasteiger partial charge is 0.508 e. The Balaban J connectivity index is 2.89. The molecule has 0 heterocycles. The van der Waals surface area contributed by atoms with E-state index in [1.807, 2.05) is 18.7 Å². The minimum atomic E-state index is -0.460. The van der Waals surface area contributed by atoms with Crippen LogP contribution < -0.4 is 5.32 Å². The van der Waals surface area contributed by atoms with Gasteiger partial charge < -0.3 is 10.4 Å². The summed E-state index contributed by atoms with van der Waals surface area (Å²) in [5.41, 5.74) is 0.471. The van der Waals surface area contributed by atoms with Crippen molar-refractivity contribution in [3.05, 3.63) is 29.6 Å². The molecule has 0 aliphatic carbocycles. The highest BCUT2D eigenvalue weighted by Gasteiger charge is 2.19. The van der Waals surface area contributed by atoms with Crippen molar-refractivity contribution in [1.29, 1.82) is 0 Å². The summed E-state index contributed by atoms with van der Waals surface area (Å²) in [7, 11) is 1.57. The number of nitrogens with one attached hydrogen (secondary N) is 1. The molecule has 1 amide bonds. The van der Waals surface area contributed by atoms with Crippen molar-refractivity contribution in [2.75, 3.05) is 20.1 Å². The average molecular weight is 254 g/mol. The highest BCUT2D eigenvalue weighted by Crippen LogP contribution is 2.25. The molecule has 0 radical (unpaired) electrons. The molecule has 1 atom stereocenters. The fourth-order valence-corrected chi connectivity index (χ4v) is 1.84. The van der Waals surface area contributed by atoms with Gasteiger partial charge in [-0.2, -0.15) is 0 Å². The SMILES string of the molecule is CCN(CC(=O)NC)C(C)c1ccc(O)cc1F. The van der Waals surface area contributed by atoms with Crippen LogP contribution in [0.1, 0.15) is 25.5 Å². The number of nitrogens with zero attached hydrogens (tertiary/aromatic N) is 1.